The van der Waals surface area contributed by atoms with Crippen LogP contribution in [0.25, 0.3) is 0 Å². The van der Waals surface area contributed by atoms with Gasteiger partial charge in [0.2, 0.25) is 0 Å². The monoisotopic (exact) mass is 546 g/mol. The number of halogens is 1. The molecule has 0 bridgehead atoms. The highest BCUT2D eigenvalue weighted by Gasteiger charge is 2.20. The zero-order valence-electron chi connectivity index (χ0n) is 16.9. The molecule has 1 aliphatic rings. The smallest absolute Gasteiger partial charge is 0.191 e. The van der Waals surface area contributed by atoms with E-state index in [0.717, 1.165) is 73.7 Å². The number of hydrogen-bond acceptors (Lipinski definition) is 6. The predicted octanol–water partition coefficient (Wildman–Crippen LogP) is 3.86. The number of piperidine rings is 1. The van der Waals surface area contributed by atoms with E-state index in [1.807, 2.05) is 35.6 Å². The zero-order chi connectivity index (χ0) is 19.4. The van der Waals surface area contributed by atoms with E-state index >= 15 is 0 Å². The molecular weight excluding hydrogens is 515 g/mol. The summed E-state index contributed by atoms with van der Waals surface area (Å²) in [5.41, 5.74) is 1.15. The van der Waals surface area contributed by atoms with E-state index in [2.05, 4.69) is 44.6 Å². The van der Waals surface area contributed by atoms with Gasteiger partial charge in [-0.05, 0) is 38.3 Å². The lowest BCUT2D eigenvalue weighted by atomic mass is 10.0. The van der Waals surface area contributed by atoms with Gasteiger partial charge >= 0.3 is 0 Å². The maximum absolute atomic E-state index is 4.75. The number of guanidine groups is 1. The minimum Gasteiger partial charge on any atom is -0.357 e. The lowest BCUT2D eigenvalue weighted by Gasteiger charge is -2.32. The highest BCUT2D eigenvalue weighted by molar-refractivity contribution is 14.0. The third-order valence-electron chi connectivity index (χ3n) is 4.59. The minimum absolute atomic E-state index is 0. The van der Waals surface area contributed by atoms with Gasteiger partial charge in [-0.1, -0.05) is 17.8 Å². The fourth-order valence-corrected chi connectivity index (χ4v) is 4.80. The SMILES string of the molecule is CCNC(=NCCCSc1nccs1)NC1CCN(Cc2ccccn2)CC1.I. The van der Waals surface area contributed by atoms with E-state index < -0.39 is 0 Å². The fourth-order valence-electron chi connectivity index (χ4n) is 3.17. The maximum atomic E-state index is 4.75. The van der Waals surface area contributed by atoms with Crippen LogP contribution in [-0.2, 0) is 6.54 Å². The molecule has 0 amide bonds. The molecule has 1 fully saturated rings. The van der Waals surface area contributed by atoms with Crippen LogP contribution in [-0.4, -0.2) is 58.8 Å². The van der Waals surface area contributed by atoms with Gasteiger partial charge in [-0.25, -0.2) is 4.98 Å². The standard InChI is InChI=1S/C20H30N6S2.HI/c1-2-21-19(23-10-5-14-27-20-24-11-15-28-20)25-17-7-12-26(13-8-17)16-18-6-3-4-9-22-18;/h3-4,6,9,11,15,17H,2,5,7-8,10,12-14,16H2,1H3,(H2,21,23,25);1H. The largest absolute Gasteiger partial charge is 0.357 e. The number of aromatic nitrogens is 2. The third kappa shape index (κ3) is 9.18. The lowest BCUT2D eigenvalue weighted by Crippen LogP contribution is -2.48. The summed E-state index contributed by atoms with van der Waals surface area (Å²) < 4.78 is 1.14. The average molecular weight is 547 g/mol. The second-order valence-corrected chi connectivity index (χ2v) is 9.01. The molecule has 0 atom stereocenters. The maximum Gasteiger partial charge on any atom is 0.191 e. The number of likely N-dealkylation sites (tertiary alicyclic amines) is 1. The summed E-state index contributed by atoms with van der Waals surface area (Å²) in [5.74, 6) is 2.01. The van der Waals surface area contributed by atoms with E-state index in [1.54, 1.807) is 11.3 Å². The van der Waals surface area contributed by atoms with Crippen LogP contribution in [0.15, 0.2) is 45.3 Å². The molecule has 0 unspecified atom stereocenters. The van der Waals surface area contributed by atoms with Crippen LogP contribution in [0.2, 0.25) is 0 Å². The van der Waals surface area contributed by atoms with Crippen molar-refractivity contribution in [2.75, 3.05) is 31.9 Å². The highest BCUT2D eigenvalue weighted by Crippen LogP contribution is 2.20. The molecule has 2 N–H and O–H groups in total. The van der Waals surface area contributed by atoms with Gasteiger partial charge in [0.15, 0.2) is 5.96 Å². The van der Waals surface area contributed by atoms with Crippen molar-refractivity contribution in [2.45, 2.75) is 43.1 Å². The molecule has 1 aliphatic heterocycles. The Bertz CT molecular complexity index is 690. The summed E-state index contributed by atoms with van der Waals surface area (Å²) in [5, 5.41) is 9.03. The van der Waals surface area contributed by atoms with Crippen molar-refractivity contribution < 1.29 is 0 Å². The van der Waals surface area contributed by atoms with Crippen LogP contribution in [0.3, 0.4) is 0 Å². The van der Waals surface area contributed by atoms with Crippen molar-refractivity contribution in [1.29, 1.82) is 0 Å². The summed E-state index contributed by atoms with van der Waals surface area (Å²) in [6, 6.07) is 6.62. The van der Waals surface area contributed by atoms with Crippen LogP contribution >= 0.6 is 47.1 Å². The van der Waals surface area contributed by atoms with Crippen molar-refractivity contribution in [3.8, 4) is 0 Å². The van der Waals surface area contributed by atoms with E-state index in [0.29, 0.717) is 6.04 Å². The van der Waals surface area contributed by atoms with E-state index in [4.69, 9.17) is 4.99 Å². The first-order valence-corrected chi connectivity index (χ1v) is 11.9. The summed E-state index contributed by atoms with van der Waals surface area (Å²) >= 11 is 3.52. The van der Waals surface area contributed by atoms with Gasteiger partial charge in [-0.15, -0.1) is 35.3 Å². The molecule has 6 nitrogen and oxygen atoms in total. The Morgan fingerprint density at radius 2 is 2.14 bits per heavy atom. The van der Waals surface area contributed by atoms with Crippen molar-refractivity contribution in [1.82, 2.24) is 25.5 Å². The average Bonchev–Trinajstić information content (AvgIpc) is 3.24. The second-order valence-electron chi connectivity index (χ2n) is 6.78. The molecule has 160 valence electrons. The Balaban J connectivity index is 0.00000300. The topological polar surface area (TPSA) is 65.4 Å². The van der Waals surface area contributed by atoms with Gasteiger partial charge in [0.05, 0.1) is 5.69 Å². The zero-order valence-corrected chi connectivity index (χ0v) is 20.9. The van der Waals surface area contributed by atoms with Crippen molar-refractivity contribution in [2.24, 2.45) is 4.99 Å². The Labute approximate surface area is 199 Å². The van der Waals surface area contributed by atoms with Gasteiger partial charge in [0.1, 0.15) is 4.34 Å². The van der Waals surface area contributed by atoms with Gasteiger partial charge < -0.3 is 10.6 Å². The number of pyridine rings is 1. The number of rotatable bonds is 9. The quantitative estimate of drug-likeness (QED) is 0.164. The Hall–Kier alpha value is -0.910. The summed E-state index contributed by atoms with van der Waals surface area (Å²) in [6.07, 6.45) is 7.07. The molecule has 29 heavy (non-hydrogen) atoms. The first-order chi connectivity index (χ1) is 13.8. The first kappa shape index (κ1) is 24.4. The number of nitrogens with one attached hydrogen (secondary N) is 2. The molecular formula is C20H31IN6S2. The number of aliphatic imine (C=N–C) groups is 1. The number of nitrogens with zero attached hydrogens (tertiary/aromatic N) is 4. The Kier molecular flexibility index (Phi) is 11.9. The number of thiazole rings is 1. The van der Waals surface area contributed by atoms with Crippen LogP contribution in [0.4, 0.5) is 0 Å². The first-order valence-electron chi connectivity index (χ1n) is 10.0. The van der Waals surface area contributed by atoms with Gasteiger partial charge in [-0.2, -0.15) is 0 Å². The third-order valence-corrected chi connectivity index (χ3v) is 6.64. The molecule has 1 saturated heterocycles. The summed E-state index contributed by atoms with van der Waals surface area (Å²) in [4.78, 5) is 16.0. The Morgan fingerprint density at radius 3 is 2.83 bits per heavy atom. The summed E-state index contributed by atoms with van der Waals surface area (Å²) in [7, 11) is 0. The van der Waals surface area contributed by atoms with E-state index in [-0.39, 0.29) is 24.0 Å². The van der Waals surface area contributed by atoms with Gasteiger partial charge in [0.25, 0.3) is 0 Å². The number of thioether (sulfide) groups is 1. The molecule has 2 aromatic rings. The van der Waals surface area contributed by atoms with Crippen LogP contribution in [0.1, 0.15) is 31.9 Å². The number of hydrogen-bond donors (Lipinski definition) is 2. The van der Waals surface area contributed by atoms with E-state index in [1.165, 1.54) is 0 Å². The molecule has 0 aliphatic carbocycles. The molecule has 0 spiro atoms. The normalized spacial score (nSPS) is 15.7. The molecule has 0 aromatic carbocycles. The fraction of sp³-hybridized carbons (Fsp3) is 0.550. The van der Waals surface area contributed by atoms with E-state index in [9.17, 15) is 0 Å². The van der Waals surface area contributed by atoms with Crippen LogP contribution in [0, 0.1) is 0 Å². The second kappa shape index (κ2) is 14.2. The van der Waals surface area contributed by atoms with Gasteiger partial charge in [-0.3, -0.25) is 14.9 Å². The Morgan fingerprint density at radius 1 is 1.28 bits per heavy atom. The van der Waals surface area contributed by atoms with Crippen molar-refractivity contribution >= 4 is 53.0 Å². The minimum atomic E-state index is 0. The summed E-state index contributed by atoms with van der Waals surface area (Å²) in [6.45, 7) is 6.98. The van der Waals surface area contributed by atoms with Gasteiger partial charge in [0, 0.05) is 62.3 Å². The molecule has 9 heteroatoms. The highest BCUT2D eigenvalue weighted by atomic mass is 127. The molecule has 3 rings (SSSR count). The molecule has 0 radical (unpaired) electrons. The predicted molar refractivity (Wildman–Crippen MR) is 135 cm³/mol. The molecule has 3 heterocycles. The molecule has 2 aromatic heterocycles. The molecule has 0 saturated carbocycles. The van der Waals surface area contributed by atoms with Crippen molar-refractivity contribution in [3.63, 3.8) is 0 Å². The van der Waals surface area contributed by atoms with Crippen LogP contribution in [0.5, 0.6) is 0 Å². The van der Waals surface area contributed by atoms with Crippen molar-refractivity contribution in [3.05, 3.63) is 41.7 Å². The lowest BCUT2D eigenvalue weighted by molar-refractivity contribution is 0.196. The van der Waals surface area contributed by atoms with Crippen LogP contribution < -0.4 is 10.6 Å².